The van der Waals surface area contributed by atoms with Crippen LogP contribution in [0.2, 0.25) is 0 Å². The molecule has 1 aromatic carbocycles. The lowest BCUT2D eigenvalue weighted by molar-refractivity contribution is -0.152. The number of hydrogen-bond donors (Lipinski definition) is 2. The van der Waals surface area contributed by atoms with E-state index in [1.54, 1.807) is 6.92 Å². The predicted molar refractivity (Wildman–Crippen MR) is 76.3 cm³/mol. The van der Waals surface area contributed by atoms with Crippen molar-refractivity contribution in [2.75, 3.05) is 0 Å². The molecule has 2 N–H and O–H groups in total. The zero-order valence-electron chi connectivity index (χ0n) is 12.4. The zero-order valence-corrected chi connectivity index (χ0v) is 12.4. The monoisotopic (exact) mass is 264 g/mol. The molecule has 2 atom stereocenters. The lowest BCUT2D eigenvalue weighted by atomic mass is 9.76. The molecule has 0 heterocycles. The molecule has 0 spiro atoms. The van der Waals surface area contributed by atoms with E-state index >= 15 is 0 Å². The summed E-state index contributed by atoms with van der Waals surface area (Å²) in [6, 6.07) is 3.98. The van der Waals surface area contributed by atoms with Gasteiger partial charge in [0, 0.05) is 0 Å². The van der Waals surface area contributed by atoms with Crippen LogP contribution in [0.25, 0.3) is 0 Å². The Kier molecular flexibility index (Phi) is 4.75. The number of hydrogen-bond acceptors (Lipinski definition) is 2. The van der Waals surface area contributed by atoms with Crippen molar-refractivity contribution < 1.29 is 15.0 Å². The summed E-state index contributed by atoms with van der Waals surface area (Å²) in [6.07, 6.45) is 1.20. The summed E-state index contributed by atoms with van der Waals surface area (Å²) in [5, 5.41) is 20.2. The Morgan fingerprint density at radius 3 is 2.11 bits per heavy atom. The van der Waals surface area contributed by atoms with Gasteiger partial charge in [0.05, 0.1) is 5.92 Å². The number of aliphatic carboxylic acids is 1. The average molecular weight is 264 g/mol. The molecule has 3 nitrogen and oxygen atoms in total. The highest BCUT2D eigenvalue weighted by molar-refractivity contribution is 5.72. The molecule has 0 aliphatic heterocycles. The Balaban J connectivity index is 3.36. The van der Waals surface area contributed by atoms with Crippen LogP contribution in [0.15, 0.2) is 12.1 Å². The van der Waals surface area contributed by atoms with Crippen LogP contribution in [-0.4, -0.2) is 16.2 Å². The van der Waals surface area contributed by atoms with Gasteiger partial charge in [-0.3, -0.25) is 4.79 Å². The molecule has 0 aliphatic rings. The third kappa shape index (κ3) is 3.16. The van der Waals surface area contributed by atoms with Crippen molar-refractivity contribution in [3.8, 4) is 0 Å². The lowest BCUT2D eigenvalue weighted by Crippen LogP contribution is -2.38. The highest BCUT2D eigenvalue weighted by Crippen LogP contribution is 2.37. The van der Waals surface area contributed by atoms with Crippen molar-refractivity contribution in [3.05, 3.63) is 34.4 Å². The van der Waals surface area contributed by atoms with E-state index in [9.17, 15) is 15.0 Å². The summed E-state index contributed by atoms with van der Waals surface area (Å²) in [5.41, 5.74) is 2.43. The molecule has 0 amide bonds. The van der Waals surface area contributed by atoms with Gasteiger partial charge < -0.3 is 10.2 Å². The van der Waals surface area contributed by atoms with Gasteiger partial charge in [0.1, 0.15) is 5.60 Å². The van der Waals surface area contributed by atoms with Crippen LogP contribution in [0.1, 0.15) is 48.9 Å². The summed E-state index contributed by atoms with van der Waals surface area (Å²) in [4.78, 5) is 11.4. The van der Waals surface area contributed by atoms with Gasteiger partial charge in [-0.1, -0.05) is 31.0 Å². The van der Waals surface area contributed by atoms with E-state index in [-0.39, 0.29) is 0 Å². The minimum Gasteiger partial charge on any atom is -0.481 e. The zero-order chi connectivity index (χ0) is 14.8. The molecular formula is C16H24O3. The van der Waals surface area contributed by atoms with Crippen molar-refractivity contribution in [1.82, 2.24) is 0 Å². The smallest absolute Gasteiger partial charge is 0.309 e. The highest BCUT2D eigenvalue weighted by atomic mass is 16.4. The third-order valence-corrected chi connectivity index (χ3v) is 3.74. The minimum absolute atomic E-state index is 0.467. The quantitative estimate of drug-likeness (QED) is 0.857. The molecule has 1 aromatic rings. The molecule has 1 rings (SSSR count). The fraction of sp³-hybridized carbons (Fsp3) is 0.562. The SMILES string of the molecule is CCCC(C(=O)O)C(C)(O)c1c(C)cc(C)cc1C. The van der Waals surface area contributed by atoms with Crippen LogP contribution >= 0.6 is 0 Å². The first-order chi connectivity index (χ1) is 8.71. The topological polar surface area (TPSA) is 57.5 Å². The first-order valence-corrected chi connectivity index (χ1v) is 6.75. The van der Waals surface area contributed by atoms with Crippen LogP contribution in [-0.2, 0) is 10.4 Å². The molecular weight excluding hydrogens is 240 g/mol. The van der Waals surface area contributed by atoms with Gasteiger partial charge >= 0.3 is 5.97 Å². The number of aryl methyl sites for hydroxylation is 3. The standard InChI is InChI=1S/C16H24O3/c1-6-7-13(15(17)18)16(5,19)14-11(3)8-10(2)9-12(14)4/h8-9,13,19H,6-7H2,1-5H3,(H,17,18). The molecule has 0 radical (unpaired) electrons. The van der Waals surface area contributed by atoms with E-state index in [2.05, 4.69) is 0 Å². The Morgan fingerprint density at radius 2 is 1.74 bits per heavy atom. The fourth-order valence-electron chi connectivity index (χ4n) is 3.09. The van der Waals surface area contributed by atoms with Crippen molar-refractivity contribution in [3.63, 3.8) is 0 Å². The van der Waals surface area contributed by atoms with Crippen molar-refractivity contribution in [2.24, 2.45) is 5.92 Å². The molecule has 3 heteroatoms. The lowest BCUT2D eigenvalue weighted by Gasteiger charge is -2.33. The van der Waals surface area contributed by atoms with Crippen LogP contribution in [0.5, 0.6) is 0 Å². The van der Waals surface area contributed by atoms with Crippen LogP contribution < -0.4 is 0 Å². The maximum Gasteiger partial charge on any atom is 0.309 e. The van der Waals surface area contributed by atoms with E-state index in [0.29, 0.717) is 6.42 Å². The van der Waals surface area contributed by atoms with E-state index in [1.807, 2.05) is 39.8 Å². The van der Waals surface area contributed by atoms with Gasteiger partial charge in [0.25, 0.3) is 0 Å². The summed E-state index contributed by atoms with van der Waals surface area (Å²) in [5.74, 6) is -1.72. The maximum absolute atomic E-state index is 11.4. The number of rotatable bonds is 5. The van der Waals surface area contributed by atoms with E-state index in [0.717, 1.165) is 28.7 Å². The average Bonchev–Trinajstić information content (AvgIpc) is 2.22. The minimum atomic E-state index is -1.34. The van der Waals surface area contributed by atoms with Gasteiger partial charge in [-0.25, -0.2) is 0 Å². The second-order valence-electron chi connectivity index (χ2n) is 5.60. The Hall–Kier alpha value is -1.35. The Labute approximate surface area is 115 Å². The Morgan fingerprint density at radius 1 is 1.26 bits per heavy atom. The van der Waals surface area contributed by atoms with Crippen molar-refractivity contribution in [2.45, 2.75) is 53.1 Å². The van der Waals surface area contributed by atoms with Gasteiger partial charge in [0.2, 0.25) is 0 Å². The number of aliphatic hydroxyl groups is 1. The van der Waals surface area contributed by atoms with Gasteiger partial charge in [0.15, 0.2) is 0 Å². The first-order valence-electron chi connectivity index (χ1n) is 6.75. The second-order valence-corrected chi connectivity index (χ2v) is 5.60. The predicted octanol–water partition coefficient (Wildman–Crippen LogP) is 3.32. The second kappa shape index (κ2) is 5.74. The van der Waals surface area contributed by atoms with Gasteiger partial charge in [-0.2, -0.15) is 0 Å². The molecule has 0 aromatic heterocycles. The summed E-state index contributed by atoms with van der Waals surface area (Å²) in [7, 11) is 0. The molecule has 0 aliphatic carbocycles. The molecule has 0 saturated carbocycles. The first kappa shape index (κ1) is 15.7. The number of benzene rings is 1. The summed E-state index contributed by atoms with van der Waals surface area (Å²) in [6.45, 7) is 9.40. The van der Waals surface area contributed by atoms with E-state index in [4.69, 9.17) is 0 Å². The highest BCUT2D eigenvalue weighted by Gasteiger charge is 2.40. The largest absolute Gasteiger partial charge is 0.481 e. The molecule has 106 valence electrons. The number of carboxylic acids is 1. The maximum atomic E-state index is 11.4. The summed E-state index contributed by atoms with van der Waals surface area (Å²) < 4.78 is 0. The summed E-state index contributed by atoms with van der Waals surface area (Å²) >= 11 is 0. The molecule has 0 bridgehead atoms. The van der Waals surface area contributed by atoms with Crippen LogP contribution in [0.4, 0.5) is 0 Å². The van der Waals surface area contributed by atoms with Crippen LogP contribution in [0.3, 0.4) is 0 Å². The molecule has 0 fully saturated rings. The fourth-order valence-corrected chi connectivity index (χ4v) is 3.09. The molecule has 19 heavy (non-hydrogen) atoms. The third-order valence-electron chi connectivity index (χ3n) is 3.74. The van der Waals surface area contributed by atoms with Crippen LogP contribution in [0, 0.1) is 26.7 Å². The number of carbonyl (C=O) groups is 1. The Bertz CT molecular complexity index is 452. The molecule has 0 saturated heterocycles. The van der Waals surface area contributed by atoms with Gasteiger partial charge in [-0.15, -0.1) is 0 Å². The number of carboxylic acid groups (broad SMARTS) is 1. The van der Waals surface area contributed by atoms with Crippen molar-refractivity contribution in [1.29, 1.82) is 0 Å². The normalized spacial score (nSPS) is 15.9. The van der Waals surface area contributed by atoms with E-state index < -0.39 is 17.5 Å². The van der Waals surface area contributed by atoms with E-state index in [1.165, 1.54) is 0 Å². The van der Waals surface area contributed by atoms with Gasteiger partial charge in [-0.05, 0) is 50.8 Å². The molecule has 2 unspecified atom stereocenters. The van der Waals surface area contributed by atoms with Crippen molar-refractivity contribution >= 4 is 5.97 Å².